The Morgan fingerprint density at radius 2 is 1.70 bits per heavy atom. The van der Waals surface area contributed by atoms with E-state index in [1.807, 2.05) is 37.5 Å². The highest BCUT2D eigenvalue weighted by atomic mass is 35.5. The third kappa shape index (κ3) is 6.37. The van der Waals surface area contributed by atoms with Crippen LogP contribution >= 0.6 is 11.6 Å². The molecule has 1 N–H and O–H groups in total. The van der Waals surface area contributed by atoms with Crippen LogP contribution < -0.4 is 0 Å². The molecule has 2 fully saturated rings. The molecule has 0 radical (unpaired) electrons. The summed E-state index contributed by atoms with van der Waals surface area (Å²) in [4.78, 5) is 32.7. The molecule has 2 aromatic carbocycles. The summed E-state index contributed by atoms with van der Waals surface area (Å²) in [5, 5.41) is 10.5. The predicted molar refractivity (Wildman–Crippen MR) is 157 cm³/mol. The number of hydrogen-bond donors (Lipinski definition) is 1. The molecule has 2 heterocycles. The summed E-state index contributed by atoms with van der Waals surface area (Å²) >= 11 is 6.03. The summed E-state index contributed by atoms with van der Waals surface area (Å²) in [5.41, 5.74) is 4.81. The fourth-order valence-corrected chi connectivity index (χ4v) is 6.79. The van der Waals surface area contributed by atoms with Gasteiger partial charge in [0.15, 0.2) is 0 Å². The van der Waals surface area contributed by atoms with Crippen LogP contribution in [0.1, 0.15) is 61.4 Å². The van der Waals surface area contributed by atoms with Crippen LogP contribution in [0.3, 0.4) is 0 Å². The molecule has 1 unspecified atom stereocenters. The normalized spacial score (nSPS) is 23.4. The molecular weight excluding hydrogens is 529 g/mol. The molecule has 4 atom stereocenters. The minimum Gasteiger partial charge on any atom is -0.480 e. The van der Waals surface area contributed by atoms with E-state index in [2.05, 4.69) is 37.8 Å². The molecule has 6 nitrogen and oxygen atoms in total. The number of halogens is 2. The number of likely N-dealkylation sites (tertiary alicyclic amines) is 1. The number of carboxylic acids is 1. The summed E-state index contributed by atoms with van der Waals surface area (Å²) in [6, 6.07) is 8.09. The van der Waals surface area contributed by atoms with E-state index in [9.17, 15) is 14.7 Å². The lowest BCUT2D eigenvalue weighted by Gasteiger charge is -2.43. The van der Waals surface area contributed by atoms with Gasteiger partial charge in [-0.1, -0.05) is 35.4 Å². The third-order valence-corrected chi connectivity index (χ3v) is 9.09. The zero-order valence-electron chi connectivity index (χ0n) is 24.8. The quantitative estimate of drug-likeness (QED) is 0.500. The zero-order valence-corrected chi connectivity index (χ0v) is 25.6. The van der Waals surface area contributed by atoms with Gasteiger partial charge >= 0.3 is 5.97 Å². The number of piperazine rings is 1. The largest absolute Gasteiger partial charge is 0.480 e. The molecule has 40 heavy (non-hydrogen) atoms. The number of carbonyl (C=O) groups excluding carboxylic acids is 1. The van der Waals surface area contributed by atoms with Crippen LogP contribution in [0, 0.1) is 32.5 Å². The lowest BCUT2D eigenvalue weighted by molar-refractivity contribution is -0.147. The van der Waals surface area contributed by atoms with Crippen molar-refractivity contribution in [2.45, 2.75) is 78.4 Å². The van der Waals surface area contributed by atoms with Gasteiger partial charge in [-0.15, -0.1) is 0 Å². The standard InChI is InChI=1S/C32H43ClFN3O3/c1-19-12-20(2)25(21(3)13-19)15-29(31(39)40)35-10-11-37(22(4)16-35)30(38)27-18-36(32(5,6)7)17-26(27)24-9-8-23(33)14-28(24)34/h8-9,12-14,22,26-27,29H,10-11,15-18H2,1-7H3,(H,39,40)/t22-,26-,27+,29?/m0/s1. The van der Waals surface area contributed by atoms with E-state index in [4.69, 9.17) is 11.6 Å². The molecule has 8 heteroatoms. The van der Waals surface area contributed by atoms with E-state index in [1.165, 1.54) is 11.6 Å². The minimum atomic E-state index is -0.846. The molecule has 2 aliphatic heterocycles. The Morgan fingerprint density at radius 3 is 2.25 bits per heavy atom. The topological polar surface area (TPSA) is 64.1 Å². The maximum Gasteiger partial charge on any atom is 0.321 e. The summed E-state index contributed by atoms with van der Waals surface area (Å²) < 4.78 is 15.1. The van der Waals surface area contributed by atoms with Crippen molar-refractivity contribution in [3.63, 3.8) is 0 Å². The monoisotopic (exact) mass is 571 g/mol. The van der Waals surface area contributed by atoms with Gasteiger partial charge in [-0.05, 0) is 89.3 Å². The number of amides is 1. The van der Waals surface area contributed by atoms with Crippen molar-refractivity contribution < 1.29 is 19.1 Å². The molecule has 0 spiro atoms. The second kappa shape index (κ2) is 11.8. The molecule has 2 aromatic rings. The number of aryl methyl sites for hydroxylation is 3. The van der Waals surface area contributed by atoms with Gasteiger partial charge in [-0.3, -0.25) is 19.4 Å². The number of rotatable bonds is 6. The maximum absolute atomic E-state index is 15.1. The van der Waals surface area contributed by atoms with Gasteiger partial charge in [-0.2, -0.15) is 0 Å². The summed E-state index contributed by atoms with van der Waals surface area (Å²) in [6.07, 6.45) is 0.426. The fraction of sp³-hybridized carbons (Fsp3) is 0.562. The first-order valence-electron chi connectivity index (χ1n) is 14.2. The Morgan fingerprint density at radius 1 is 1.05 bits per heavy atom. The van der Waals surface area contributed by atoms with Gasteiger partial charge in [0.2, 0.25) is 5.91 Å². The fourth-order valence-electron chi connectivity index (χ4n) is 6.63. The van der Waals surface area contributed by atoms with E-state index >= 15 is 4.39 Å². The number of carbonyl (C=O) groups is 2. The third-order valence-electron chi connectivity index (χ3n) is 8.85. The molecule has 0 bridgehead atoms. The number of hydrogen-bond acceptors (Lipinski definition) is 4. The van der Waals surface area contributed by atoms with E-state index in [-0.39, 0.29) is 29.2 Å². The summed E-state index contributed by atoms with van der Waals surface area (Å²) in [7, 11) is 0. The molecule has 2 saturated heterocycles. The van der Waals surface area contributed by atoms with Crippen LogP contribution in [-0.4, -0.2) is 82.0 Å². The number of aliphatic carboxylic acids is 1. The van der Waals surface area contributed by atoms with Gasteiger partial charge in [0.25, 0.3) is 0 Å². The minimum absolute atomic E-state index is 0.00958. The second-order valence-electron chi connectivity index (χ2n) is 12.8. The van der Waals surface area contributed by atoms with Crippen LogP contribution in [-0.2, 0) is 16.0 Å². The summed E-state index contributed by atoms with van der Waals surface area (Å²) in [6.45, 7) is 17.0. The first kappa shape index (κ1) is 30.5. The van der Waals surface area contributed by atoms with Crippen LogP contribution in [0.15, 0.2) is 30.3 Å². The van der Waals surface area contributed by atoms with Crippen molar-refractivity contribution in [2.24, 2.45) is 5.92 Å². The average molecular weight is 572 g/mol. The van der Waals surface area contributed by atoms with Crippen molar-refractivity contribution >= 4 is 23.5 Å². The molecular formula is C32H43ClFN3O3. The Bertz CT molecular complexity index is 1250. The highest BCUT2D eigenvalue weighted by Crippen LogP contribution is 2.39. The maximum atomic E-state index is 15.1. The van der Waals surface area contributed by atoms with Crippen LogP contribution in [0.5, 0.6) is 0 Å². The zero-order chi connectivity index (χ0) is 29.5. The van der Waals surface area contributed by atoms with E-state index in [0.29, 0.717) is 49.7 Å². The van der Waals surface area contributed by atoms with E-state index in [0.717, 1.165) is 16.7 Å². The lowest BCUT2D eigenvalue weighted by Crippen LogP contribution is -2.59. The van der Waals surface area contributed by atoms with Crippen molar-refractivity contribution in [1.82, 2.24) is 14.7 Å². The summed E-state index contributed by atoms with van der Waals surface area (Å²) in [5.74, 6) is -1.89. The van der Waals surface area contributed by atoms with Gasteiger partial charge in [0.05, 0.1) is 5.92 Å². The van der Waals surface area contributed by atoms with Gasteiger partial charge in [0.1, 0.15) is 11.9 Å². The lowest BCUT2D eigenvalue weighted by atomic mass is 9.87. The van der Waals surface area contributed by atoms with Crippen LogP contribution in [0.4, 0.5) is 4.39 Å². The molecule has 0 aromatic heterocycles. The molecule has 2 aliphatic rings. The average Bonchev–Trinajstić information content (AvgIpc) is 3.29. The Kier molecular flexibility index (Phi) is 8.98. The van der Waals surface area contributed by atoms with Crippen LogP contribution in [0.2, 0.25) is 5.02 Å². The highest BCUT2D eigenvalue weighted by molar-refractivity contribution is 6.30. The second-order valence-corrected chi connectivity index (χ2v) is 13.2. The Labute approximate surface area is 243 Å². The van der Waals surface area contributed by atoms with Crippen molar-refractivity contribution in [2.75, 3.05) is 32.7 Å². The first-order valence-corrected chi connectivity index (χ1v) is 14.6. The van der Waals surface area contributed by atoms with Gasteiger partial charge in [-0.25, -0.2) is 4.39 Å². The Hall–Kier alpha value is -2.48. The number of carboxylic acid groups (broad SMARTS) is 1. The van der Waals surface area contributed by atoms with Crippen LogP contribution in [0.25, 0.3) is 0 Å². The SMILES string of the molecule is Cc1cc(C)c(CC(C(=O)O)N2CCN(C(=O)[C@@H]3CN(C(C)(C)C)C[C@H]3c3ccc(Cl)cc3F)[C@@H](C)C2)c(C)c1. The van der Waals surface area contributed by atoms with Crippen molar-refractivity contribution in [3.8, 4) is 0 Å². The molecule has 0 saturated carbocycles. The number of nitrogens with zero attached hydrogens (tertiary/aromatic N) is 3. The van der Waals surface area contributed by atoms with E-state index in [1.54, 1.807) is 12.1 Å². The van der Waals surface area contributed by atoms with Crippen molar-refractivity contribution in [3.05, 3.63) is 69.0 Å². The van der Waals surface area contributed by atoms with Crippen molar-refractivity contribution in [1.29, 1.82) is 0 Å². The predicted octanol–water partition coefficient (Wildman–Crippen LogP) is 5.45. The van der Waals surface area contributed by atoms with Gasteiger partial charge < -0.3 is 10.0 Å². The molecule has 1 amide bonds. The molecule has 218 valence electrons. The van der Waals surface area contributed by atoms with E-state index < -0.39 is 17.9 Å². The highest BCUT2D eigenvalue weighted by Gasteiger charge is 2.46. The smallest absolute Gasteiger partial charge is 0.321 e. The van der Waals surface area contributed by atoms with Gasteiger partial charge in [0, 0.05) is 55.2 Å². The Balaban J connectivity index is 1.53. The first-order chi connectivity index (χ1) is 18.7. The molecule has 4 rings (SSSR count). The number of benzene rings is 2. The molecule has 0 aliphatic carbocycles.